The first-order chi connectivity index (χ1) is 20.1. The van der Waals surface area contributed by atoms with E-state index in [2.05, 4.69) is 0 Å². The summed E-state index contributed by atoms with van der Waals surface area (Å²) < 4.78 is 45.2. The van der Waals surface area contributed by atoms with Gasteiger partial charge in [-0.15, -0.1) is 0 Å². The number of nitrogens with zero attached hydrogens (tertiary/aromatic N) is 3. The molecule has 1 N–H and O–H groups in total. The second kappa shape index (κ2) is 14.4. The minimum Gasteiger partial charge on any atom is -0.494 e. The molecule has 1 aromatic heterocycles. The number of ether oxygens (including phenoxy) is 3. The highest BCUT2D eigenvalue weighted by Crippen LogP contribution is 2.22. The Hall–Kier alpha value is -3.80. The average Bonchev–Trinajstić information content (AvgIpc) is 3.13. The SMILES string of the molecule is COCC(=O)N1CCN(Cc2ccc(OCCCn3cc(C)ccc3=O)cc2)C[C@@](O)(COc2ccc(F)c(F)c2)C1. The van der Waals surface area contributed by atoms with Crippen molar-refractivity contribution in [1.29, 1.82) is 0 Å². The summed E-state index contributed by atoms with van der Waals surface area (Å²) >= 11 is 0. The van der Waals surface area contributed by atoms with Gasteiger partial charge in [0, 0.05) is 58.2 Å². The fourth-order valence-corrected chi connectivity index (χ4v) is 4.88. The number of carbonyl (C=O) groups is 1. The van der Waals surface area contributed by atoms with Crippen molar-refractivity contribution in [3.8, 4) is 11.5 Å². The molecule has 1 saturated heterocycles. The molecule has 2 aromatic carbocycles. The van der Waals surface area contributed by atoms with Crippen molar-refractivity contribution in [3.05, 3.63) is 93.9 Å². The zero-order valence-electron chi connectivity index (χ0n) is 23.9. The molecule has 1 atom stereocenters. The zero-order chi connectivity index (χ0) is 30.1. The van der Waals surface area contributed by atoms with Gasteiger partial charge >= 0.3 is 0 Å². The summed E-state index contributed by atoms with van der Waals surface area (Å²) in [5.41, 5.74) is 0.494. The number of methoxy groups -OCH3 is 1. The highest BCUT2D eigenvalue weighted by atomic mass is 19.2. The van der Waals surface area contributed by atoms with Crippen molar-refractivity contribution in [1.82, 2.24) is 14.4 Å². The predicted octanol–water partition coefficient (Wildman–Crippen LogP) is 3.00. The minimum absolute atomic E-state index is 0.00315. The van der Waals surface area contributed by atoms with Crippen molar-refractivity contribution < 1.29 is 32.9 Å². The van der Waals surface area contributed by atoms with Crippen LogP contribution < -0.4 is 15.0 Å². The average molecular weight is 586 g/mol. The quantitative estimate of drug-likeness (QED) is 0.327. The van der Waals surface area contributed by atoms with Gasteiger partial charge in [0.15, 0.2) is 11.6 Å². The third kappa shape index (κ3) is 8.85. The Kier molecular flexibility index (Phi) is 10.7. The van der Waals surface area contributed by atoms with Gasteiger partial charge < -0.3 is 28.8 Å². The summed E-state index contributed by atoms with van der Waals surface area (Å²) in [6, 6.07) is 14.2. The van der Waals surface area contributed by atoms with Gasteiger partial charge in [0.1, 0.15) is 30.3 Å². The van der Waals surface area contributed by atoms with E-state index in [1.54, 1.807) is 16.7 Å². The van der Waals surface area contributed by atoms with Crippen LogP contribution in [0.1, 0.15) is 17.5 Å². The van der Waals surface area contributed by atoms with E-state index in [0.717, 1.165) is 23.3 Å². The number of β-amino-alcohol motifs (C(OH)–C–C–N with tert-alkyl or cyclic N) is 1. The van der Waals surface area contributed by atoms with E-state index in [4.69, 9.17) is 14.2 Å². The lowest BCUT2D eigenvalue weighted by Gasteiger charge is -2.33. The molecule has 9 nitrogen and oxygen atoms in total. The van der Waals surface area contributed by atoms with Gasteiger partial charge in [0.05, 0.1) is 13.2 Å². The standard InChI is InChI=1S/C31H37F2N3O6/c1-23-4-11-29(37)35(17-23)12-3-15-41-25-7-5-24(6-8-25)18-34-13-14-36(30(38)19-40-2)21-31(39,20-34)22-42-26-9-10-27(32)28(33)16-26/h4-11,16-17,39H,3,12-15,18-22H2,1-2H3/t31-/m0/s1. The van der Waals surface area contributed by atoms with Crippen LogP contribution >= 0.6 is 0 Å². The van der Waals surface area contributed by atoms with E-state index in [-0.39, 0.29) is 43.5 Å². The van der Waals surface area contributed by atoms with Crippen LogP contribution in [0.5, 0.6) is 11.5 Å². The lowest BCUT2D eigenvalue weighted by molar-refractivity contribution is -0.138. The predicted molar refractivity (Wildman–Crippen MR) is 153 cm³/mol. The lowest BCUT2D eigenvalue weighted by atomic mass is 10.0. The summed E-state index contributed by atoms with van der Waals surface area (Å²) in [6.07, 6.45) is 2.52. The highest BCUT2D eigenvalue weighted by molar-refractivity contribution is 5.77. The first kappa shape index (κ1) is 31.1. The summed E-state index contributed by atoms with van der Waals surface area (Å²) in [4.78, 5) is 28.1. The Labute approximate surface area is 243 Å². The number of carbonyl (C=O) groups excluding carboxylic acids is 1. The smallest absolute Gasteiger partial charge is 0.250 e. The van der Waals surface area contributed by atoms with E-state index in [1.807, 2.05) is 42.3 Å². The Morgan fingerprint density at radius 2 is 1.74 bits per heavy atom. The van der Waals surface area contributed by atoms with Crippen molar-refractivity contribution in [2.45, 2.75) is 32.0 Å². The van der Waals surface area contributed by atoms with E-state index >= 15 is 0 Å². The summed E-state index contributed by atoms with van der Waals surface area (Å²) in [5, 5.41) is 11.5. The molecule has 0 radical (unpaired) electrons. The Bertz CT molecular complexity index is 1400. The van der Waals surface area contributed by atoms with Crippen LogP contribution in [-0.2, 0) is 22.6 Å². The van der Waals surface area contributed by atoms with Crippen molar-refractivity contribution >= 4 is 5.91 Å². The number of amides is 1. The number of halogens is 2. The van der Waals surface area contributed by atoms with Gasteiger partial charge in [-0.3, -0.25) is 14.5 Å². The fourth-order valence-electron chi connectivity index (χ4n) is 4.88. The van der Waals surface area contributed by atoms with E-state index in [0.29, 0.717) is 45.0 Å². The normalized spacial score (nSPS) is 17.6. The number of aliphatic hydroxyl groups is 1. The minimum atomic E-state index is -1.48. The van der Waals surface area contributed by atoms with Crippen molar-refractivity contribution in [2.75, 3.05) is 53.1 Å². The molecule has 0 saturated carbocycles. The molecular weight excluding hydrogens is 548 g/mol. The Morgan fingerprint density at radius 3 is 2.48 bits per heavy atom. The summed E-state index contributed by atoms with van der Waals surface area (Å²) in [7, 11) is 1.43. The monoisotopic (exact) mass is 585 g/mol. The molecule has 0 spiro atoms. The largest absolute Gasteiger partial charge is 0.494 e. The topological polar surface area (TPSA) is 93.5 Å². The maximum absolute atomic E-state index is 13.7. The molecule has 42 heavy (non-hydrogen) atoms. The molecule has 0 aliphatic carbocycles. The van der Waals surface area contributed by atoms with E-state index in [9.17, 15) is 23.5 Å². The van der Waals surface area contributed by atoms with Gasteiger partial charge in [-0.25, -0.2) is 8.78 Å². The van der Waals surface area contributed by atoms with Crippen LogP contribution in [0.4, 0.5) is 8.78 Å². The first-order valence-corrected chi connectivity index (χ1v) is 13.8. The Balaban J connectivity index is 1.35. The van der Waals surface area contributed by atoms with Crippen LogP contribution in [0.15, 0.2) is 65.6 Å². The summed E-state index contributed by atoms with van der Waals surface area (Å²) in [5.74, 6) is -1.52. The second-order valence-corrected chi connectivity index (χ2v) is 10.6. The number of benzene rings is 2. The Morgan fingerprint density at radius 1 is 0.976 bits per heavy atom. The number of aromatic nitrogens is 1. The molecule has 0 unspecified atom stereocenters. The molecule has 1 fully saturated rings. The maximum atomic E-state index is 13.7. The molecular formula is C31H37F2N3O6. The van der Waals surface area contributed by atoms with Crippen LogP contribution in [0.3, 0.4) is 0 Å². The van der Waals surface area contributed by atoms with E-state index < -0.39 is 17.2 Å². The number of hydrogen-bond donors (Lipinski definition) is 1. The molecule has 1 aliphatic rings. The van der Waals surface area contributed by atoms with Crippen molar-refractivity contribution in [3.63, 3.8) is 0 Å². The maximum Gasteiger partial charge on any atom is 0.250 e. The van der Waals surface area contributed by atoms with Crippen LogP contribution in [0.2, 0.25) is 0 Å². The van der Waals surface area contributed by atoms with Crippen LogP contribution in [0, 0.1) is 18.6 Å². The van der Waals surface area contributed by atoms with Crippen LogP contribution in [0.25, 0.3) is 0 Å². The van der Waals surface area contributed by atoms with Crippen LogP contribution in [-0.4, -0.2) is 84.1 Å². The number of hydrogen-bond acceptors (Lipinski definition) is 7. The molecule has 226 valence electrons. The summed E-state index contributed by atoms with van der Waals surface area (Å²) in [6.45, 7) is 4.18. The van der Waals surface area contributed by atoms with Crippen molar-refractivity contribution in [2.24, 2.45) is 0 Å². The molecule has 2 heterocycles. The number of aryl methyl sites for hydroxylation is 2. The fraction of sp³-hybridized carbons (Fsp3) is 0.419. The van der Waals surface area contributed by atoms with Gasteiger partial charge in [0.2, 0.25) is 5.91 Å². The number of rotatable bonds is 12. The second-order valence-electron chi connectivity index (χ2n) is 10.6. The zero-order valence-corrected chi connectivity index (χ0v) is 23.9. The van der Waals surface area contributed by atoms with Gasteiger partial charge in [-0.2, -0.15) is 0 Å². The van der Waals surface area contributed by atoms with E-state index in [1.165, 1.54) is 18.1 Å². The molecule has 11 heteroatoms. The molecule has 1 aliphatic heterocycles. The van der Waals surface area contributed by atoms with Gasteiger partial charge in [0.25, 0.3) is 5.56 Å². The molecule has 3 aromatic rings. The highest BCUT2D eigenvalue weighted by Gasteiger charge is 2.37. The third-order valence-corrected chi connectivity index (χ3v) is 6.98. The molecule has 4 rings (SSSR count). The number of pyridine rings is 1. The van der Waals surface area contributed by atoms with Gasteiger partial charge in [-0.1, -0.05) is 18.2 Å². The molecule has 1 amide bonds. The molecule has 0 bridgehead atoms. The lowest BCUT2D eigenvalue weighted by Crippen LogP contribution is -2.52. The third-order valence-electron chi connectivity index (χ3n) is 6.98. The first-order valence-electron chi connectivity index (χ1n) is 13.8. The van der Waals surface area contributed by atoms with Gasteiger partial charge in [-0.05, 0) is 48.7 Å².